The molecular weight excluding hydrogens is 586 g/mol. The van der Waals surface area contributed by atoms with Gasteiger partial charge in [0.15, 0.2) is 5.65 Å². The van der Waals surface area contributed by atoms with Gasteiger partial charge >= 0.3 is 11.9 Å². The minimum absolute atomic E-state index is 0.132. The summed E-state index contributed by atoms with van der Waals surface area (Å²) >= 11 is 0. The SMILES string of the molecule is CCOC(=O)c1c(-c2ccccc2)nc2c(c(C)nn2-c2ccccc2)c1-c1cccc2cccc(C(=O)OCc3ccccc3)c12. The molecule has 0 bridgehead atoms. The molecule has 0 saturated carbocycles. The normalized spacial score (nSPS) is 11.1. The van der Waals surface area contributed by atoms with Crippen molar-refractivity contribution >= 4 is 33.7 Å². The molecule has 0 N–H and O–H groups in total. The Kier molecular flexibility index (Phi) is 8.02. The van der Waals surface area contributed by atoms with Gasteiger partial charge in [0.05, 0.1) is 40.2 Å². The second kappa shape index (κ2) is 12.7. The molecule has 0 atom stereocenters. The first kappa shape index (κ1) is 29.6. The largest absolute Gasteiger partial charge is 0.462 e. The van der Waals surface area contributed by atoms with E-state index in [1.165, 1.54) is 0 Å². The highest BCUT2D eigenvalue weighted by atomic mass is 16.5. The molecule has 0 saturated heterocycles. The summed E-state index contributed by atoms with van der Waals surface area (Å²) in [5, 5.41) is 7.12. The van der Waals surface area contributed by atoms with E-state index in [4.69, 9.17) is 19.6 Å². The highest BCUT2D eigenvalue weighted by Gasteiger charge is 2.30. The van der Waals surface area contributed by atoms with Crippen LogP contribution in [0.15, 0.2) is 127 Å². The van der Waals surface area contributed by atoms with E-state index in [1.54, 1.807) is 17.7 Å². The molecule has 47 heavy (non-hydrogen) atoms. The molecule has 2 aromatic heterocycles. The van der Waals surface area contributed by atoms with Crippen LogP contribution in [0.4, 0.5) is 0 Å². The third-order valence-corrected chi connectivity index (χ3v) is 8.12. The average molecular weight is 618 g/mol. The van der Waals surface area contributed by atoms with E-state index in [0.717, 1.165) is 22.2 Å². The Morgan fingerprint density at radius 3 is 2.06 bits per heavy atom. The number of carbonyl (C=O) groups is 2. The Morgan fingerprint density at radius 1 is 0.702 bits per heavy atom. The van der Waals surface area contributed by atoms with Crippen molar-refractivity contribution in [2.75, 3.05) is 6.61 Å². The van der Waals surface area contributed by atoms with Crippen LogP contribution in [0, 0.1) is 6.92 Å². The van der Waals surface area contributed by atoms with Gasteiger partial charge in [0.2, 0.25) is 0 Å². The number of benzene rings is 5. The third kappa shape index (κ3) is 5.53. The van der Waals surface area contributed by atoms with Crippen LogP contribution < -0.4 is 0 Å². The number of rotatable bonds is 8. The third-order valence-electron chi connectivity index (χ3n) is 8.12. The Morgan fingerprint density at radius 2 is 1.36 bits per heavy atom. The topological polar surface area (TPSA) is 83.3 Å². The number of ether oxygens (including phenoxy) is 2. The molecule has 0 fully saturated rings. The summed E-state index contributed by atoms with van der Waals surface area (Å²) in [4.78, 5) is 33.0. The zero-order valence-corrected chi connectivity index (χ0v) is 26.0. The highest BCUT2D eigenvalue weighted by molar-refractivity contribution is 6.18. The van der Waals surface area contributed by atoms with E-state index in [9.17, 15) is 9.59 Å². The smallest absolute Gasteiger partial charge is 0.341 e. The van der Waals surface area contributed by atoms with E-state index in [1.807, 2.05) is 128 Å². The summed E-state index contributed by atoms with van der Waals surface area (Å²) in [6.07, 6.45) is 0. The van der Waals surface area contributed by atoms with E-state index in [2.05, 4.69) is 0 Å². The quantitative estimate of drug-likeness (QED) is 0.159. The molecule has 0 aliphatic heterocycles. The zero-order chi connectivity index (χ0) is 32.3. The number of fused-ring (bicyclic) bond motifs is 2. The predicted molar refractivity (Wildman–Crippen MR) is 183 cm³/mol. The summed E-state index contributed by atoms with van der Waals surface area (Å²) in [5.41, 5.74) is 6.16. The van der Waals surface area contributed by atoms with Gasteiger partial charge in [0, 0.05) is 16.5 Å². The predicted octanol–water partition coefficient (Wildman–Crippen LogP) is 8.75. The van der Waals surface area contributed by atoms with Crippen LogP contribution >= 0.6 is 0 Å². The van der Waals surface area contributed by atoms with Gasteiger partial charge in [-0.05, 0) is 48.6 Å². The van der Waals surface area contributed by atoms with E-state index < -0.39 is 11.9 Å². The molecular formula is C40H31N3O4. The number of esters is 2. The lowest BCUT2D eigenvalue weighted by Crippen LogP contribution is -2.12. The van der Waals surface area contributed by atoms with Crippen molar-refractivity contribution in [3.8, 4) is 28.1 Å². The molecule has 0 spiro atoms. The minimum atomic E-state index is -0.510. The first-order chi connectivity index (χ1) is 23.0. The van der Waals surface area contributed by atoms with E-state index in [0.29, 0.717) is 50.1 Å². The number of carbonyl (C=O) groups excluding carboxylic acids is 2. The molecule has 7 rings (SSSR count). The first-order valence-electron chi connectivity index (χ1n) is 15.5. The molecule has 230 valence electrons. The maximum atomic E-state index is 14.1. The van der Waals surface area contributed by atoms with Crippen LogP contribution in [-0.2, 0) is 16.1 Å². The van der Waals surface area contributed by atoms with E-state index >= 15 is 0 Å². The van der Waals surface area contributed by atoms with Gasteiger partial charge in [-0.1, -0.05) is 109 Å². The number of aryl methyl sites for hydroxylation is 1. The van der Waals surface area contributed by atoms with Crippen molar-refractivity contribution in [1.29, 1.82) is 0 Å². The van der Waals surface area contributed by atoms with Gasteiger partial charge in [-0.3, -0.25) is 0 Å². The maximum absolute atomic E-state index is 14.1. The first-order valence-corrected chi connectivity index (χ1v) is 15.5. The van der Waals surface area contributed by atoms with Crippen LogP contribution in [0.5, 0.6) is 0 Å². The van der Waals surface area contributed by atoms with Crippen molar-refractivity contribution in [3.63, 3.8) is 0 Å². The van der Waals surface area contributed by atoms with E-state index in [-0.39, 0.29) is 13.2 Å². The van der Waals surface area contributed by atoms with Gasteiger partial charge in [-0.15, -0.1) is 0 Å². The summed E-state index contributed by atoms with van der Waals surface area (Å²) in [7, 11) is 0. The number of pyridine rings is 1. The standard InChI is InChI=1S/C40H31N3O4/c1-3-46-40(45)36-35(31-23-13-19-28-20-14-24-32(34(28)31)39(44)47-25-27-15-7-4-8-16-27)33-26(2)42-43(30-21-11-6-12-22-30)38(33)41-37(36)29-17-9-5-10-18-29/h4-24H,3,25H2,1-2H3. The second-order valence-corrected chi connectivity index (χ2v) is 11.1. The van der Waals surface area contributed by atoms with Crippen molar-refractivity contribution < 1.29 is 19.1 Å². The summed E-state index contributed by atoms with van der Waals surface area (Å²) < 4.78 is 13.3. The summed E-state index contributed by atoms with van der Waals surface area (Å²) in [5.74, 6) is -0.973. The Bertz CT molecular complexity index is 2240. The molecule has 7 nitrogen and oxygen atoms in total. The van der Waals surface area contributed by atoms with Gasteiger partial charge in [-0.25, -0.2) is 19.3 Å². The Labute approximate surface area is 272 Å². The van der Waals surface area contributed by atoms with Crippen LogP contribution in [0.2, 0.25) is 0 Å². The van der Waals surface area contributed by atoms with Crippen LogP contribution in [-0.4, -0.2) is 33.3 Å². The van der Waals surface area contributed by atoms with Crippen molar-refractivity contribution in [2.24, 2.45) is 0 Å². The van der Waals surface area contributed by atoms with Crippen molar-refractivity contribution in [3.05, 3.63) is 150 Å². The number of nitrogens with zero attached hydrogens (tertiary/aromatic N) is 3. The number of hydrogen-bond acceptors (Lipinski definition) is 6. The fraction of sp³-hybridized carbons (Fsp3) is 0.100. The second-order valence-electron chi connectivity index (χ2n) is 11.1. The number of para-hydroxylation sites is 1. The van der Waals surface area contributed by atoms with Crippen molar-refractivity contribution in [2.45, 2.75) is 20.5 Å². The number of aromatic nitrogens is 3. The minimum Gasteiger partial charge on any atom is -0.462 e. The molecule has 0 aliphatic carbocycles. The van der Waals surface area contributed by atoms with Gasteiger partial charge in [-0.2, -0.15) is 5.10 Å². The van der Waals surface area contributed by atoms with Crippen molar-refractivity contribution in [1.82, 2.24) is 14.8 Å². The van der Waals surface area contributed by atoms with Gasteiger partial charge in [0.25, 0.3) is 0 Å². The Hall–Kier alpha value is -6.08. The molecule has 0 aliphatic rings. The lowest BCUT2D eigenvalue weighted by molar-refractivity contribution is 0.0473. The molecule has 2 heterocycles. The fourth-order valence-corrected chi connectivity index (χ4v) is 6.06. The molecule has 0 unspecified atom stereocenters. The lowest BCUT2D eigenvalue weighted by atomic mass is 9.88. The summed E-state index contributed by atoms with van der Waals surface area (Å²) in [6, 6.07) is 40.3. The molecule has 5 aromatic carbocycles. The average Bonchev–Trinajstić information content (AvgIpc) is 3.46. The van der Waals surface area contributed by atoms with Crippen LogP contribution in [0.25, 0.3) is 49.9 Å². The number of hydrogen-bond donors (Lipinski definition) is 0. The summed E-state index contributed by atoms with van der Waals surface area (Å²) in [6.45, 7) is 4.00. The van der Waals surface area contributed by atoms with Gasteiger partial charge < -0.3 is 9.47 Å². The van der Waals surface area contributed by atoms with Crippen LogP contribution in [0.3, 0.4) is 0 Å². The molecule has 7 heteroatoms. The molecule has 7 aromatic rings. The van der Waals surface area contributed by atoms with Crippen LogP contribution in [0.1, 0.15) is 38.9 Å². The zero-order valence-electron chi connectivity index (χ0n) is 26.0. The maximum Gasteiger partial charge on any atom is 0.341 e. The molecule has 0 amide bonds. The Balaban J connectivity index is 1.56. The fourth-order valence-electron chi connectivity index (χ4n) is 6.06. The highest BCUT2D eigenvalue weighted by Crippen LogP contribution is 2.43. The monoisotopic (exact) mass is 617 g/mol. The lowest BCUT2D eigenvalue weighted by Gasteiger charge is -2.18. The van der Waals surface area contributed by atoms with Gasteiger partial charge in [0.1, 0.15) is 6.61 Å². The molecule has 0 radical (unpaired) electrons.